The molecule has 0 aliphatic heterocycles. The molecule has 0 atom stereocenters. The summed E-state index contributed by atoms with van der Waals surface area (Å²) in [7, 11) is 3.19. The number of carboxylic acids is 1. The Morgan fingerprint density at radius 3 is 2.55 bits per heavy atom. The van der Waals surface area contributed by atoms with Gasteiger partial charge >= 0.3 is 5.97 Å². The number of carboxylic acid groups (broad SMARTS) is 1. The Labute approximate surface area is 119 Å². The molecule has 5 nitrogen and oxygen atoms in total. The van der Waals surface area contributed by atoms with E-state index in [1.165, 1.54) is 0 Å². The predicted octanol–water partition coefficient (Wildman–Crippen LogP) is 2.21. The minimum Gasteiger partial charge on any atom is -0.493 e. The monoisotopic (exact) mass is 279 g/mol. The molecule has 2 N–H and O–H groups in total. The van der Waals surface area contributed by atoms with Crippen molar-refractivity contribution in [3.8, 4) is 11.5 Å². The van der Waals surface area contributed by atoms with Gasteiger partial charge in [0.15, 0.2) is 11.5 Å². The summed E-state index contributed by atoms with van der Waals surface area (Å²) in [6.45, 7) is 2.98. The van der Waals surface area contributed by atoms with Gasteiger partial charge in [-0.2, -0.15) is 0 Å². The number of hydrogen-bond acceptors (Lipinski definition) is 4. The molecule has 0 saturated carbocycles. The van der Waals surface area contributed by atoms with Gasteiger partial charge in [-0.15, -0.1) is 0 Å². The van der Waals surface area contributed by atoms with E-state index in [0.717, 1.165) is 5.56 Å². The maximum Gasteiger partial charge on any atom is 0.331 e. The maximum absolute atomic E-state index is 10.8. The number of ether oxygens (including phenoxy) is 2. The maximum atomic E-state index is 10.8. The third-order valence-electron chi connectivity index (χ3n) is 2.93. The second kappa shape index (κ2) is 8.22. The highest BCUT2D eigenvalue weighted by Crippen LogP contribution is 2.27. The van der Waals surface area contributed by atoms with Crippen LogP contribution in [0.2, 0.25) is 0 Å². The molecule has 1 aromatic rings. The zero-order chi connectivity index (χ0) is 15.0. The van der Waals surface area contributed by atoms with Crippen molar-refractivity contribution in [3.63, 3.8) is 0 Å². The van der Waals surface area contributed by atoms with Crippen molar-refractivity contribution in [1.29, 1.82) is 0 Å². The highest BCUT2D eigenvalue weighted by atomic mass is 16.5. The molecular weight excluding hydrogens is 258 g/mol. The Hall–Kier alpha value is -2.01. The van der Waals surface area contributed by atoms with E-state index in [0.29, 0.717) is 36.6 Å². The van der Waals surface area contributed by atoms with Gasteiger partial charge in [0.05, 0.1) is 14.2 Å². The Morgan fingerprint density at radius 1 is 1.30 bits per heavy atom. The molecule has 0 radical (unpaired) electrons. The molecule has 0 aliphatic carbocycles. The van der Waals surface area contributed by atoms with E-state index in [-0.39, 0.29) is 0 Å². The summed E-state index contributed by atoms with van der Waals surface area (Å²) in [5, 5.41) is 12.1. The van der Waals surface area contributed by atoms with Crippen LogP contribution in [0.25, 0.3) is 0 Å². The summed E-state index contributed by atoms with van der Waals surface area (Å²) in [6.07, 6.45) is 2.22. The summed E-state index contributed by atoms with van der Waals surface area (Å²) >= 11 is 0. The molecule has 0 heterocycles. The van der Waals surface area contributed by atoms with Crippen molar-refractivity contribution in [3.05, 3.63) is 35.4 Å². The van der Waals surface area contributed by atoms with Crippen molar-refractivity contribution in [2.24, 2.45) is 0 Å². The molecule has 1 rings (SSSR count). The third-order valence-corrected chi connectivity index (χ3v) is 2.93. The molecule has 0 aromatic heterocycles. The van der Waals surface area contributed by atoms with Crippen molar-refractivity contribution in [2.75, 3.05) is 20.8 Å². The lowest BCUT2D eigenvalue weighted by atomic mass is 10.2. The number of carbonyl (C=O) groups is 1. The summed E-state index contributed by atoms with van der Waals surface area (Å²) in [6, 6.07) is 5.68. The van der Waals surface area contributed by atoms with E-state index >= 15 is 0 Å². The smallest absolute Gasteiger partial charge is 0.331 e. The largest absolute Gasteiger partial charge is 0.493 e. The Morgan fingerprint density at radius 2 is 2.00 bits per heavy atom. The van der Waals surface area contributed by atoms with E-state index < -0.39 is 5.97 Å². The van der Waals surface area contributed by atoms with Crippen molar-refractivity contribution >= 4 is 5.97 Å². The predicted molar refractivity (Wildman–Crippen MR) is 77.3 cm³/mol. The molecule has 0 spiro atoms. The SMILES string of the molecule is CC/C(=C/CNCc1ccc(OC)c(OC)c1)C(=O)O. The van der Waals surface area contributed by atoms with E-state index in [1.807, 2.05) is 25.1 Å². The first kappa shape index (κ1) is 16.0. The van der Waals surface area contributed by atoms with E-state index in [1.54, 1.807) is 20.3 Å². The molecule has 20 heavy (non-hydrogen) atoms. The standard InChI is InChI=1S/C15H21NO4/c1-4-12(15(17)18)7-8-16-10-11-5-6-13(19-2)14(9-11)20-3/h5-7,9,16H,4,8,10H2,1-3H3,(H,17,18)/b12-7-. The van der Waals surface area contributed by atoms with Crippen LogP contribution in [0.5, 0.6) is 11.5 Å². The summed E-state index contributed by atoms with van der Waals surface area (Å²) < 4.78 is 10.4. The van der Waals surface area contributed by atoms with Gasteiger partial charge in [0.25, 0.3) is 0 Å². The number of methoxy groups -OCH3 is 2. The number of rotatable bonds is 8. The normalized spacial score (nSPS) is 11.2. The molecule has 0 amide bonds. The second-order valence-corrected chi connectivity index (χ2v) is 4.21. The van der Waals surface area contributed by atoms with Gasteiger partial charge in [0, 0.05) is 18.7 Å². The van der Waals surface area contributed by atoms with Gasteiger partial charge in [0.1, 0.15) is 0 Å². The molecule has 0 aliphatic rings. The van der Waals surface area contributed by atoms with Crippen LogP contribution in [-0.4, -0.2) is 31.8 Å². The molecule has 5 heteroatoms. The molecule has 0 unspecified atom stereocenters. The second-order valence-electron chi connectivity index (χ2n) is 4.21. The van der Waals surface area contributed by atoms with Crippen LogP contribution in [0.15, 0.2) is 29.8 Å². The van der Waals surface area contributed by atoms with Gasteiger partial charge in [-0.3, -0.25) is 0 Å². The highest BCUT2D eigenvalue weighted by Gasteiger charge is 2.05. The first-order chi connectivity index (χ1) is 9.62. The molecule has 0 saturated heterocycles. The summed E-state index contributed by atoms with van der Waals surface area (Å²) in [5.41, 5.74) is 1.47. The Bertz CT molecular complexity index is 483. The average Bonchev–Trinajstić information content (AvgIpc) is 2.46. The van der Waals surface area contributed by atoms with Gasteiger partial charge < -0.3 is 19.9 Å². The van der Waals surface area contributed by atoms with E-state index in [2.05, 4.69) is 5.32 Å². The van der Waals surface area contributed by atoms with Crippen molar-refractivity contribution in [1.82, 2.24) is 5.32 Å². The summed E-state index contributed by atoms with van der Waals surface area (Å²) in [5.74, 6) is 0.512. The number of nitrogens with one attached hydrogen (secondary N) is 1. The van der Waals surface area contributed by atoms with Gasteiger partial charge in [-0.25, -0.2) is 4.79 Å². The molecule has 1 aromatic carbocycles. The first-order valence-corrected chi connectivity index (χ1v) is 6.46. The molecule has 0 bridgehead atoms. The quantitative estimate of drug-likeness (QED) is 0.564. The molecule has 110 valence electrons. The van der Waals surface area contributed by atoms with Crippen LogP contribution < -0.4 is 14.8 Å². The average molecular weight is 279 g/mol. The highest BCUT2D eigenvalue weighted by molar-refractivity contribution is 5.86. The lowest BCUT2D eigenvalue weighted by Gasteiger charge is -2.09. The topological polar surface area (TPSA) is 67.8 Å². The fourth-order valence-corrected chi connectivity index (χ4v) is 1.79. The fourth-order valence-electron chi connectivity index (χ4n) is 1.79. The Kier molecular flexibility index (Phi) is 6.59. The number of benzene rings is 1. The third kappa shape index (κ3) is 4.59. The van der Waals surface area contributed by atoms with Gasteiger partial charge in [-0.05, 0) is 24.1 Å². The van der Waals surface area contributed by atoms with Crippen LogP contribution in [-0.2, 0) is 11.3 Å². The van der Waals surface area contributed by atoms with Crippen molar-refractivity contribution in [2.45, 2.75) is 19.9 Å². The lowest BCUT2D eigenvalue weighted by Crippen LogP contribution is -2.14. The minimum absolute atomic E-state index is 0.421. The zero-order valence-electron chi connectivity index (χ0n) is 12.1. The van der Waals surface area contributed by atoms with Crippen LogP contribution in [0.3, 0.4) is 0 Å². The van der Waals surface area contributed by atoms with Crippen LogP contribution in [0.1, 0.15) is 18.9 Å². The first-order valence-electron chi connectivity index (χ1n) is 6.46. The van der Waals surface area contributed by atoms with Crippen LogP contribution in [0, 0.1) is 0 Å². The van der Waals surface area contributed by atoms with E-state index in [4.69, 9.17) is 14.6 Å². The number of aliphatic carboxylic acids is 1. The molecular formula is C15H21NO4. The van der Waals surface area contributed by atoms with Gasteiger partial charge in [-0.1, -0.05) is 19.1 Å². The minimum atomic E-state index is -0.861. The molecule has 0 fully saturated rings. The van der Waals surface area contributed by atoms with Crippen LogP contribution in [0.4, 0.5) is 0 Å². The zero-order valence-corrected chi connectivity index (χ0v) is 12.1. The lowest BCUT2D eigenvalue weighted by molar-refractivity contribution is -0.132. The van der Waals surface area contributed by atoms with Gasteiger partial charge in [0.2, 0.25) is 0 Å². The Balaban J connectivity index is 2.56. The number of hydrogen-bond donors (Lipinski definition) is 2. The fraction of sp³-hybridized carbons (Fsp3) is 0.400. The van der Waals surface area contributed by atoms with Crippen LogP contribution >= 0.6 is 0 Å². The summed E-state index contributed by atoms with van der Waals surface area (Å²) in [4.78, 5) is 10.8. The van der Waals surface area contributed by atoms with Crippen molar-refractivity contribution < 1.29 is 19.4 Å². The van der Waals surface area contributed by atoms with E-state index in [9.17, 15) is 4.79 Å².